The maximum absolute atomic E-state index is 13.9. The van der Waals surface area contributed by atoms with Gasteiger partial charge in [0, 0.05) is 19.2 Å². The quantitative estimate of drug-likeness (QED) is 0.524. The number of nitrogens with one attached hydrogen (secondary N) is 1. The highest BCUT2D eigenvalue weighted by atomic mass is 19.1. The van der Waals surface area contributed by atoms with E-state index in [0.29, 0.717) is 16.8 Å². The Morgan fingerprint density at radius 3 is 2.50 bits per heavy atom. The number of amides is 1. The van der Waals surface area contributed by atoms with Crippen LogP contribution in [0.4, 0.5) is 4.39 Å². The topological polar surface area (TPSA) is 84.4 Å². The number of aromatic amines is 1. The smallest absolute Gasteiger partial charge is 0.333 e. The molecule has 4 rings (SSSR count). The van der Waals surface area contributed by atoms with Crippen molar-refractivity contribution in [1.82, 2.24) is 14.5 Å². The summed E-state index contributed by atoms with van der Waals surface area (Å²) in [5, 5.41) is 0.282. The van der Waals surface area contributed by atoms with E-state index in [-0.39, 0.29) is 29.1 Å². The van der Waals surface area contributed by atoms with Crippen LogP contribution in [0.1, 0.15) is 15.9 Å². The van der Waals surface area contributed by atoms with Gasteiger partial charge in [0.15, 0.2) is 11.6 Å². The number of halogens is 1. The van der Waals surface area contributed by atoms with Gasteiger partial charge in [-0.1, -0.05) is 24.3 Å². The fourth-order valence-electron chi connectivity index (χ4n) is 3.54. The van der Waals surface area contributed by atoms with Gasteiger partial charge in [-0.3, -0.25) is 9.59 Å². The number of methoxy groups -OCH3 is 1. The molecule has 8 heteroatoms. The maximum Gasteiger partial charge on any atom is 0.333 e. The number of H-pyrrole nitrogens is 1. The van der Waals surface area contributed by atoms with E-state index in [1.54, 1.807) is 43.4 Å². The number of carbonyl (C=O) groups excluding carboxylic acids is 1. The second-order valence-corrected chi connectivity index (χ2v) is 7.30. The lowest BCUT2D eigenvalue weighted by molar-refractivity contribution is 0.0785. The lowest BCUT2D eigenvalue weighted by Crippen LogP contribution is -2.33. The fraction of sp³-hybridized carbons (Fsp3) is 0.125. The third-order valence-corrected chi connectivity index (χ3v) is 5.14. The van der Waals surface area contributed by atoms with Crippen LogP contribution in [-0.2, 0) is 6.54 Å². The number of carbonyl (C=O) groups is 1. The van der Waals surface area contributed by atoms with Gasteiger partial charge in [-0.25, -0.2) is 13.8 Å². The number of nitrogens with zero attached hydrogens (tertiary/aromatic N) is 2. The van der Waals surface area contributed by atoms with Gasteiger partial charge in [0.2, 0.25) is 0 Å². The Morgan fingerprint density at radius 1 is 1.06 bits per heavy atom. The molecule has 1 amide bonds. The third kappa shape index (κ3) is 3.90. The van der Waals surface area contributed by atoms with Crippen molar-refractivity contribution in [3.63, 3.8) is 0 Å². The van der Waals surface area contributed by atoms with Crippen LogP contribution in [0, 0.1) is 5.82 Å². The summed E-state index contributed by atoms with van der Waals surface area (Å²) in [7, 11) is 2.97. The number of hydrogen-bond acceptors (Lipinski definition) is 4. The number of rotatable bonds is 5. The minimum Gasteiger partial charge on any atom is -0.494 e. The highest BCUT2D eigenvalue weighted by Gasteiger charge is 2.16. The average Bonchev–Trinajstić information content (AvgIpc) is 2.79. The molecule has 7 nitrogen and oxygen atoms in total. The number of benzene rings is 3. The molecule has 1 aromatic heterocycles. The zero-order chi connectivity index (χ0) is 22.8. The molecule has 0 atom stereocenters. The van der Waals surface area contributed by atoms with E-state index in [9.17, 15) is 18.8 Å². The summed E-state index contributed by atoms with van der Waals surface area (Å²) in [6.45, 7) is 0.171. The van der Waals surface area contributed by atoms with Crippen LogP contribution in [0.3, 0.4) is 0 Å². The molecule has 3 aromatic carbocycles. The zero-order valence-electron chi connectivity index (χ0n) is 17.5. The summed E-state index contributed by atoms with van der Waals surface area (Å²) < 4.78 is 19.9. The molecule has 0 spiro atoms. The monoisotopic (exact) mass is 433 g/mol. The Labute approximate surface area is 182 Å². The second kappa shape index (κ2) is 8.50. The van der Waals surface area contributed by atoms with E-state index in [4.69, 9.17) is 4.74 Å². The summed E-state index contributed by atoms with van der Waals surface area (Å²) in [4.78, 5) is 42.4. The lowest BCUT2D eigenvalue weighted by atomic mass is 10.1. The van der Waals surface area contributed by atoms with Crippen LogP contribution < -0.4 is 16.0 Å². The van der Waals surface area contributed by atoms with Gasteiger partial charge in [-0.15, -0.1) is 0 Å². The molecule has 0 aliphatic carbocycles. The van der Waals surface area contributed by atoms with Crippen LogP contribution in [0.5, 0.6) is 5.75 Å². The zero-order valence-corrected chi connectivity index (χ0v) is 17.5. The molecule has 0 bridgehead atoms. The lowest BCUT2D eigenvalue weighted by Gasteiger charge is -2.18. The Kier molecular flexibility index (Phi) is 5.59. The van der Waals surface area contributed by atoms with Crippen molar-refractivity contribution in [2.75, 3.05) is 14.2 Å². The number of fused-ring (bicyclic) bond motifs is 1. The molecule has 4 aromatic rings. The second-order valence-electron chi connectivity index (χ2n) is 7.30. The van der Waals surface area contributed by atoms with Gasteiger partial charge in [-0.05, 0) is 48.0 Å². The van der Waals surface area contributed by atoms with E-state index in [0.717, 1.165) is 4.57 Å². The average molecular weight is 433 g/mol. The van der Waals surface area contributed by atoms with Gasteiger partial charge in [0.25, 0.3) is 11.5 Å². The molecule has 0 aliphatic heterocycles. The van der Waals surface area contributed by atoms with Gasteiger partial charge in [-0.2, -0.15) is 0 Å². The number of hydrogen-bond donors (Lipinski definition) is 1. The molecule has 0 unspecified atom stereocenters. The molecule has 162 valence electrons. The molecule has 0 saturated heterocycles. The van der Waals surface area contributed by atoms with Gasteiger partial charge in [0.05, 0.1) is 23.7 Å². The molecule has 0 radical (unpaired) electrons. The summed E-state index contributed by atoms with van der Waals surface area (Å²) in [5.41, 5.74) is 0.533. The Morgan fingerprint density at radius 2 is 1.81 bits per heavy atom. The molecule has 0 fully saturated rings. The summed E-state index contributed by atoms with van der Waals surface area (Å²) in [5.74, 6) is -0.720. The van der Waals surface area contributed by atoms with Crippen molar-refractivity contribution < 1.29 is 13.9 Å². The minimum atomic E-state index is -0.597. The van der Waals surface area contributed by atoms with E-state index < -0.39 is 17.1 Å². The predicted molar refractivity (Wildman–Crippen MR) is 119 cm³/mol. The highest BCUT2D eigenvalue weighted by Crippen LogP contribution is 2.19. The number of aromatic nitrogens is 2. The predicted octanol–water partition coefficient (Wildman–Crippen LogP) is 3.10. The van der Waals surface area contributed by atoms with Crippen molar-refractivity contribution in [2.45, 2.75) is 6.54 Å². The molecule has 0 saturated carbocycles. The summed E-state index contributed by atoms with van der Waals surface area (Å²) in [6.07, 6.45) is 0. The van der Waals surface area contributed by atoms with Gasteiger partial charge < -0.3 is 14.6 Å². The Balaban J connectivity index is 1.65. The number of para-hydroxylation sites is 1. The van der Waals surface area contributed by atoms with Crippen LogP contribution >= 0.6 is 0 Å². The van der Waals surface area contributed by atoms with Crippen LogP contribution in [0.25, 0.3) is 16.6 Å². The van der Waals surface area contributed by atoms with Gasteiger partial charge >= 0.3 is 5.69 Å². The Bertz CT molecular complexity index is 1430. The molecule has 1 heterocycles. The first kappa shape index (κ1) is 21.0. The van der Waals surface area contributed by atoms with Crippen molar-refractivity contribution >= 4 is 16.8 Å². The summed E-state index contributed by atoms with van der Waals surface area (Å²) >= 11 is 0. The van der Waals surface area contributed by atoms with Crippen LogP contribution in [0.2, 0.25) is 0 Å². The molecular weight excluding hydrogens is 413 g/mol. The van der Waals surface area contributed by atoms with Crippen molar-refractivity contribution in [3.05, 3.63) is 105 Å². The van der Waals surface area contributed by atoms with Crippen molar-refractivity contribution in [2.24, 2.45) is 0 Å². The fourth-order valence-corrected chi connectivity index (χ4v) is 3.54. The SMILES string of the molecule is COc1ccc(CN(C)C(=O)c2ccc3c(=O)n(-c4ccccc4)c(=O)[nH]c3c2)cc1F. The molecular formula is C24H20FN3O4. The minimum absolute atomic E-state index is 0.127. The summed E-state index contributed by atoms with van der Waals surface area (Å²) in [6, 6.07) is 17.6. The normalized spacial score (nSPS) is 10.8. The van der Waals surface area contributed by atoms with E-state index in [1.165, 1.54) is 42.3 Å². The third-order valence-electron chi connectivity index (χ3n) is 5.14. The largest absolute Gasteiger partial charge is 0.494 e. The van der Waals surface area contributed by atoms with Crippen molar-refractivity contribution in [3.8, 4) is 11.4 Å². The van der Waals surface area contributed by atoms with Crippen LogP contribution in [-0.4, -0.2) is 34.5 Å². The first-order valence-corrected chi connectivity index (χ1v) is 9.81. The van der Waals surface area contributed by atoms with E-state index in [1.807, 2.05) is 0 Å². The first-order chi connectivity index (χ1) is 15.4. The van der Waals surface area contributed by atoms with E-state index >= 15 is 0 Å². The van der Waals surface area contributed by atoms with Crippen molar-refractivity contribution in [1.29, 1.82) is 0 Å². The van der Waals surface area contributed by atoms with Gasteiger partial charge in [0.1, 0.15) is 0 Å². The Hall–Kier alpha value is -4.20. The highest BCUT2D eigenvalue weighted by molar-refractivity contribution is 5.97. The first-order valence-electron chi connectivity index (χ1n) is 9.81. The molecule has 0 aliphatic rings. The van der Waals surface area contributed by atoms with E-state index in [2.05, 4.69) is 4.98 Å². The molecule has 32 heavy (non-hydrogen) atoms. The number of ether oxygens (including phenoxy) is 1. The standard InChI is InChI=1S/C24H20FN3O4/c1-27(14-15-8-11-21(32-2)19(25)12-15)22(29)16-9-10-18-20(13-16)26-24(31)28(23(18)30)17-6-4-3-5-7-17/h3-13H,14H2,1-2H3,(H,26,31). The maximum atomic E-state index is 13.9. The molecule has 1 N–H and O–H groups in total. The van der Waals surface area contributed by atoms with Crippen LogP contribution in [0.15, 0.2) is 76.3 Å².